The lowest BCUT2D eigenvalue weighted by Crippen LogP contribution is -2.23. The van der Waals surface area contributed by atoms with E-state index in [2.05, 4.69) is 9.71 Å². The highest BCUT2D eigenvalue weighted by Gasteiger charge is 2.17. The zero-order valence-electron chi connectivity index (χ0n) is 18.7. The van der Waals surface area contributed by atoms with Crippen LogP contribution in [0.5, 0.6) is 0 Å². The monoisotopic (exact) mass is 524 g/mol. The third kappa shape index (κ3) is 4.94. The lowest BCUT2D eigenvalue weighted by atomic mass is 10.2. The summed E-state index contributed by atoms with van der Waals surface area (Å²) in [5.74, 6) is 0.873. The number of aromatic nitrogens is 3. The van der Waals surface area contributed by atoms with Crippen molar-refractivity contribution in [3.63, 3.8) is 0 Å². The Balaban J connectivity index is 1.33. The van der Waals surface area contributed by atoms with E-state index in [0.717, 1.165) is 34.0 Å². The molecule has 0 aliphatic heterocycles. The number of fused-ring (bicyclic) bond motifs is 1. The van der Waals surface area contributed by atoms with Crippen molar-refractivity contribution in [1.82, 2.24) is 18.8 Å². The lowest BCUT2D eigenvalue weighted by Gasteiger charge is -2.09. The van der Waals surface area contributed by atoms with Crippen LogP contribution in [0.3, 0.4) is 0 Å². The molecule has 0 spiro atoms. The Morgan fingerprint density at radius 2 is 1.71 bits per heavy atom. The fraction of sp³-hybridized carbons (Fsp3) is 0.120. The molecule has 10 heteroatoms. The SMILES string of the molecule is Cc1nccn1-c1ccc(CNS(=O)(=O)c2ccc3c(c2)sc(=O)n3Cc2ccc(Cl)cc2)cc1. The standard InChI is InChI=1S/C25H21ClN4O3S2/c1-17-27-12-13-29(17)21-8-4-18(5-9-21)15-28-35(32,33)22-10-11-23-24(14-22)34-25(31)30(23)16-19-2-6-20(26)7-3-19/h2-14,28H,15-16H2,1H3. The molecule has 0 atom stereocenters. The Hall–Kier alpha value is -3.24. The van der Waals surface area contributed by atoms with Gasteiger partial charge >= 0.3 is 4.87 Å². The van der Waals surface area contributed by atoms with Gasteiger partial charge in [-0.25, -0.2) is 18.1 Å². The number of hydrogen-bond acceptors (Lipinski definition) is 5. The minimum atomic E-state index is -3.76. The highest BCUT2D eigenvalue weighted by atomic mass is 35.5. The topological polar surface area (TPSA) is 86.0 Å². The molecule has 0 aliphatic carbocycles. The van der Waals surface area contributed by atoms with Crippen molar-refractivity contribution in [3.8, 4) is 5.69 Å². The summed E-state index contributed by atoms with van der Waals surface area (Å²) in [6, 6.07) is 19.6. The van der Waals surface area contributed by atoms with Crippen molar-refractivity contribution >= 4 is 43.2 Å². The first-order valence-electron chi connectivity index (χ1n) is 10.8. The van der Waals surface area contributed by atoms with Gasteiger partial charge < -0.3 is 4.57 Å². The van der Waals surface area contributed by atoms with Crippen molar-refractivity contribution in [2.24, 2.45) is 0 Å². The summed E-state index contributed by atoms with van der Waals surface area (Å²) in [5, 5.41) is 0.628. The summed E-state index contributed by atoms with van der Waals surface area (Å²) in [4.78, 5) is 16.8. The van der Waals surface area contributed by atoms with E-state index in [1.807, 2.05) is 54.1 Å². The number of nitrogens with zero attached hydrogens (tertiary/aromatic N) is 3. The van der Waals surface area contributed by atoms with Gasteiger partial charge in [-0.15, -0.1) is 0 Å². The Morgan fingerprint density at radius 3 is 2.40 bits per heavy atom. The van der Waals surface area contributed by atoms with Crippen molar-refractivity contribution in [2.45, 2.75) is 24.9 Å². The Kier molecular flexibility index (Phi) is 6.33. The largest absolute Gasteiger partial charge is 0.308 e. The number of nitrogens with one attached hydrogen (secondary N) is 1. The Bertz CT molecular complexity index is 1670. The number of thiazole rings is 1. The molecule has 3 aromatic carbocycles. The first-order valence-corrected chi connectivity index (χ1v) is 13.4. The minimum absolute atomic E-state index is 0.121. The first-order chi connectivity index (χ1) is 16.8. The maximum atomic E-state index is 12.9. The molecular formula is C25H21ClN4O3S2. The van der Waals surface area contributed by atoms with E-state index in [0.29, 0.717) is 21.8 Å². The summed E-state index contributed by atoms with van der Waals surface area (Å²) >= 11 is 6.97. The molecule has 0 saturated heterocycles. The van der Waals surface area contributed by atoms with Crippen LogP contribution < -0.4 is 9.60 Å². The van der Waals surface area contributed by atoms with Crippen LogP contribution in [0.2, 0.25) is 5.02 Å². The van der Waals surface area contributed by atoms with E-state index in [1.54, 1.807) is 35.0 Å². The molecule has 2 heterocycles. The maximum absolute atomic E-state index is 12.9. The van der Waals surface area contributed by atoms with Gasteiger partial charge in [0.1, 0.15) is 5.82 Å². The number of benzene rings is 3. The van der Waals surface area contributed by atoms with Gasteiger partial charge in [-0.05, 0) is 60.5 Å². The normalized spacial score (nSPS) is 11.8. The van der Waals surface area contributed by atoms with Gasteiger partial charge in [-0.2, -0.15) is 0 Å². The number of halogens is 1. The van der Waals surface area contributed by atoms with Crippen LogP contribution in [0.1, 0.15) is 17.0 Å². The fourth-order valence-corrected chi connectivity index (χ4v) is 6.00. The summed E-state index contributed by atoms with van der Waals surface area (Å²) in [5.41, 5.74) is 3.41. The van der Waals surface area contributed by atoms with Crippen LogP contribution in [0.15, 0.2) is 88.8 Å². The lowest BCUT2D eigenvalue weighted by molar-refractivity contribution is 0.581. The molecule has 2 aromatic heterocycles. The predicted molar refractivity (Wildman–Crippen MR) is 139 cm³/mol. The number of imidazole rings is 1. The van der Waals surface area contributed by atoms with Gasteiger partial charge in [0.15, 0.2) is 0 Å². The molecule has 5 aromatic rings. The highest BCUT2D eigenvalue weighted by Crippen LogP contribution is 2.23. The average molecular weight is 525 g/mol. The zero-order chi connectivity index (χ0) is 24.6. The third-order valence-corrected chi connectivity index (χ3v) is 8.30. The van der Waals surface area contributed by atoms with Gasteiger partial charge in [0, 0.05) is 29.6 Å². The van der Waals surface area contributed by atoms with E-state index in [9.17, 15) is 13.2 Å². The quantitative estimate of drug-likeness (QED) is 0.333. The molecule has 0 amide bonds. The van der Waals surface area contributed by atoms with E-state index in [1.165, 1.54) is 6.07 Å². The predicted octanol–water partition coefficient (Wildman–Crippen LogP) is 4.74. The van der Waals surface area contributed by atoms with Gasteiger partial charge in [0.25, 0.3) is 0 Å². The van der Waals surface area contributed by atoms with Gasteiger partial charge in [-0.3, -0.25) is 9.36 Å². The number of rotatable bonds is 7. The van der Waals surface area contributed by atoms with Crippen LogP contribution in [-0.2, 0) is 23.1 Å². The average Bonchev–Trinajstić information content (AvgIpc) is 3.41. The molecule has 35 heavy (non-hydrogen) atoms. The maximum Gasteiger partial charge on any atom is 0.308 e. The number of aryl methyl sites for hydroxylation is 1. The van der Waals surface area contributed by atoms with Crippen LogP contribution >= 0.6 is 22.9 Å². The van der Waals surface area contributed by atoms with Gasteiger partial charge in [0.05, 0.1) is 21.7 Å². The van der Waals surface area contributed by atoms with E-state index >= 15 is 0 Å². The minimum Gasteiger partial charge on any atom is -0.304 e. The van der Waals surface area contributed by atoms with Crippen molar-refractivity contribution in [2.75, 3.05) is 0 Å². The molecule has 0 saturated carbocycles. The van der Waals surface area contributed by atoms with Crippen LogP contribution in [-0.4, -0.2) is 22.5 Å². The molecule has 0 unspecified atom stereocenters. The first kappa shape index (κ1) is 23.5. The van der Waals surface area contributed by atoms with Crippen molar-refractivity contribution in [3.05, 3.63) is 111 Å². The van der Waals surface area contributed by atoms with E-state index in [-0.39, 0.29) is 16.3 Å². The van der Waals surface area contributed by atoms with Crippen LogP contribution in [0, 0.1) is 6.92 Å². The second-order valence-corrected chi connectivity index (χ2v) is 11.2. The molecule has 0 fully saturated rings. The Labute approximate surface area is 211 Å². The molecule has 0 aliphatic rings. The highest BCUT2D eigenvalue weighted by molar-refractivity contribution is 7.89. The van der Waals surface area contributed by atoms with Crippen LogP contribution in [0.25, 0.3) is 15.9 Å². The van der Waals surface area contributed by atoms with Crippen molar-refractivity contribution in [1.29, 1.82) is 0 Å². The van der Waals surface area contributed by atoms with Gasteiger partial charge in [-0.1, -0.05) is 47.2 Å². The van der Waals surface area contributed by atoms with Gasteiger partial charge in [0.2, 0.25) is 10.0 Å². The summed E-state index contributed by atoms with van der Waals surface area (Å²) < 4.78 is 32.7. The second-order valence-electron chi connectivity index (χ2n) is 8.05. The summed E-state index contributed by atoms with van der Waals surface area (Å²) in [6.07, 6.45) is 3.61. The molecule has 0 bridgehead atoms. The smallest absolute Gasteiger partial charge is 0.304 e. The van der Waals surface area contributed by atoms with Crippen molar-refractivity contribution < 1.29 is 8.42 Å². The molecule has 7 nitrogen and oxygen atoms in total. The summed E-state index contributed by atoms with van der Waals surface area (Å²) in [7, 11) is -3.76. The molecular weight excluding hydrogens is 504 g/mol. The van der Waals surface area contributed by atoms with E-state index < -0.39 is 10.0 Å². The van der Waals surface area contributed by atoms with Crippen LogP contribution in [0.4, 0.5) is 0 Å². The number of sulfonamides is 1. The summed E-state index contributed by atoms with van der Waals surface area (Å²) in [6.45, 7) is 2.45. The zero-order valence-corrected chi connectivity index (χ0v) is 21.1. The fourth-order valence-electron chi connectivity index (χ4n) is 3.82. The molecule has 5 rings (SSSR count). The molecule has 0 radical (unpaired) electrons. The number of hydrogen-bond donors (Lipinski definition) is 1. The Morgan fingerprint density at radius 1 is 1.00 bits per heavy atom. The molecule has 178 valence electrons. The third-order valence-electron chi connectivity index (χ3n) is 5.71. The second kappa shape index (κ2) is 9.43. The molecule has 1 N–H and O–H groups in total. The van der Waals surface area contributed by atoms with E-state index in [4.69, 9.17) is 11.6 Å².